The summed E-state index contributed by atoms with van der Waals surface area (Å²) in [6.07, 6.45) is 3.24. The molecule has 1 rings (SSSR count). The summed E-state index contributed by atoms with van der Waals surface area (Å²) in [4.78, 5) is 4.18. The predicted molar refractivity (Wildman–Crippen MR) is 84.9 cm³/mol. The molecule has 1 aliphatic rings. The predicted octanol–water partition coefficient (Wildman–Crippen LogP) is 1.37. The van der Waals surface area contributed by atoms with Crippen LogP contribution in [0.1, 0.15) is 26.2 Å². The van der Waals surface area contributed by atoms with Crippen molar-refractivity contribution in [3.63, 3.8) is 0 Å². The van der Waals surface area contributed by atoms with Gasteiger partial charge in [0.05, 0.1) is 5.60 Å². The van der Waals surface area contributed by atoms with Crippen LogP contribution >= 0.6 is 24.0 Å². The Hall–Kier alpha value is -0.0800. The van der Waals surface area contributed by atoms with E-state index in [1.807, 2.05) is 0 Å². The summed E-state index contributed by atoms with van der Waals surface area (Å²) in [5.74, 6) is 0.831. The van der Waals surface area contributed by atoms with Crippen LogP contribution in [0.2, 0.25) is 0 Å². The molecule has 6 heteroatoms. The highest BCUT2D eigenvalue weighted by molar-refractivity contribution is 14.0. The van der Waals surface area contributed by atoms with E-state index in [2.05, 4.69) is 22.5 Å². The molecule has 1 atom stereocenters. The van der Waals surface area contributed by atoms with Gasteiger partial charge >= 0.3 is 0 Å². The van der Waals surface area contributed by atoms with Crippen molar-refractivity contribution in [3.8, 4) is 0 Å². The Bertz CT molecular complexity index is 243. The number of guanidine groups is 1. The minimum atomic E-state index is -0.0375. The fraction of sp³-hybridized carbons (Fsp3) is 0.917. The maximum absolute atomic E-state index is 5.71. The summed E-state index contributed by atoms with van der Waals surface area (Å²) >= 11 is 0. The third-order valence-corrected chi connectivity index (χ3v) is 2.97. The van der Waals surface area contributed by atoms with Crippen LogP contribution in [0.4, 0.5) is 0 Å². The summed E-state index contributed by atoms with van der Waals surface area (Å²) in [6, 6.07) is 0. The van der Waals surface area contributed by atoms with Crippen LogP contribution in [0, 0.1) is 0 Å². The van der Waals surface area contributed by atoms with E-state index >= 15 is 0 Å². The Labute approximate surface area is 127 Å². The lowest BCUT2D eigenvalue weighted by Crippen LogP contribution is -2.45. The zero-order valence-corrected chi connectivity index (χ0v) is 14.0. The van der Waals surface area contributed by atoms with Gasteiger partial charge in [-0.2, -0.15) is 0 Å². The number of nitrogens with zero attached hydrogens (tertiary/aromatic N) is 1. The zero-order valence-electron chi connectivity index (χ0n) is 11.6. The molecule has 0 aromatic carbocycles. The fourth-order valence-corrected chi connectivity index (χ4v) is 1.89. The molecule has 0 bridgehead atoms. The van der Waals surface area contributed by atoms with Crippen LogP contribution in [-0.4, -0.2) is 52.0 Å². The lowest BCUT2D eigenvalue weighted by Gasteiger charge is -2.24. The Morgan fingerprint density at radius 1 is 1.44 bits per heavy atom. The second-order valence-corrected chi connectivity index (χ2v) is 4.60. The SMILES string of the molecule is CN=C(NCCCOC)NCC1(C)CCCO1.I. The van der Waals surface area contributed by atoms with E-state index in [1.165, 1.54) is 0 Å². The normalized spacial score (nSPS) is 23.6. The van der Waals surface area contributed by atoms with Gasteiger partial charge in [-0.05, 0) is 26.2 Å². The molecule has 0 radical (unpaired) electrons. The van der Waals surface area contributed by atoms with E-state index in [-0.39, 0.29) is 29.6 Å². The molecule has 0 amide bonds. The maximum atomic E-state index is 5.71. The largest absolute Gasteiger partial charge is 0.385 e. The third-order valence-electron chi connectivity index (χ3n) is 2.97. The Morgan fingerprint density at radius 2 is 2.22 bits per heavy atom. The summed E-state index contributed by atoms with van der Waals surface area (Å²) in [5, 5.41) is 6.55. The molecule has 108 valence electrons. The molecule has 18 heavy (non-hydrogen) atoms. The van der Waals surface area contributed by atoms with E-state index in [0.29, 0.717) is 0 Å². The first-order valence-corrected chi connectivity index (χ1v) is 6.27. The average Bonchev–Trinajstić information content (AvgIpc) is 2.76. The van der Waals surface area contributed by atoms with Gasteiger partial charge in [0.25, 0.3) is 0 Å². The van der Waals surface area contributed by atoms with Crippen LogP contribution in [0.3, 0.4) is 0 Å². The van der Waals surface area contributed by atoms with Gasteiger partial charge in [-0.15, -0.1) is 24.0 Å². The van der Waals surface area contributed by atoms with E-state index in [1.54, 1.807) is 14.2 Å². The standard InChI is InChI=1S/C12H25N3O2.HI/c1-12(6-4-9-17-12)10-15-11(13-2)14-7-5-8-16-3;/h4-10H2,1-3H3,(H2,13,14,15);1H. The van der Waals surface area contributed by atoms with Gasteiger partial charge in [0.15, 0.2) is 5.96 Å². The van der Waals surface area contributed by atoms with Crippen molar-refractivity contribution in [1.29, 1.82) is 0 Å². The number of nitrogens with one attached hydrogen (secondary N) is 2. The van der Waals surface area contributed by atoms with Crippen LogP contribution in [-0.2, 0) is 9.47 Å². The second-order valence-electron chi connectivity index (χ2n) is 4.60. The molecule has 1 unspecified atom stereocenters. The molecule has 5 nitrogen and oxygen atoms in total. The van der Waals surface area contributed by atoms with Gasteiger partial charge in [-0.1, -0.05) is 0 Å². The van der Waals surface area contributed by atoms with E-state index < -0.39 is 0 Å². The first kappa shape index (κ1) is 17.9. The smallest absolute Gasteiger partial charge is 0.191 e. The zero-order chi connectivity index (χ0) is 12.6. The molecule has 1 fully saturated rings. The van der Waals surface area contributed by atoms with Gasteiger partial charge in [-0.3, -0.25) is 4.99 Å². The fourth-order valence-electron chi connectivity index (χ4n) is 1.89. The Kier molecular flexibility index (Phi) is 9.76. The number of aliphatic imine (C=N–C) groups is 1. The van der Waals surface area contributed by atoms with Crippen molar-refractivity contribution in [3.05, 3.63) is 0 Å². The van der Waals surface area contributed by atoms with E-state index in [9.17, 15) is 0 Å². The topological polar surface area (TPSA) is 54.9 Å². The summed E-state index contributed by atoms with van der Waals surface area (Å²) in [6.45, 7) is 5.45. The molecule has 2 N–H and O–H groups in total. The van der Waals surface area contributed by atoms with Crippen LogP contribution < -0.4 is 10.6 Å². The average molecular weight is 371 g/mol. The highest BCUT2D eigenvalue weighted by Crippen LogP contribution is 2.23. The number of ether oxygens (including phenoxy) is 2. The number of hydrogen-bond acceptors (Lipinski definition) is 3. The summed E-state index contributed by atoms with van der Waals surface area (Å²) < 4.78 is 10.7. The molecule has 0 spiro atoms. The molecule has 0 aromatic heterocycles. The van der Waals surface area contributed by atoms with Gasteiger partial charge < -0.3 is 20.1 Å². The highest BCUT2D eigenvalue weighted by Gasteiger charge is 2.29. The van der Waals surface area contributed by atoms with E-state index in [0.717, 1.165) is 51.5 Å². The summed E-state index contributed by atoms with van der Waals surface area (Å²) in [7, 11) is 3.49. The van der Waals surface area contributed by atoms with Gasteiger partial charge in [0, 0.05) is 40.5 Å². The minimum absolute atomic E-state index is 0. The number of hydrogen-bond donors (Lipinski definition) is 2. The molecule has 1 aliphatic heterocycles. The molecular formula is C12H26IN3O2. The maximum Gasteiger partial charge on any atom is 0.191 e. The molecule has 0 saturated carbocycles. The Balaban J connectivity index is 0.00000289. The molecule has 0 aromatic rings. The first-order valence-electron chi connectivity index (χ1n) is 6.27. The third kappa shape index (κ3) is 6.75. The van der Waals surface area contributed by atoms with Crippen LogP contribution in [0.5, 0.6) is 0 Å². The molecule has 0 aliphatic carbocycles. The van der Waals surface area contributed by atoms with Crippen molar-refractivity contribution >= 4 is 29.9 Å². The first-order chi connectivity index (χ1) is 8.20. The van der Waals surface area contributed by atoms with Gasteiger partial charge in [-0.25, -0.2) is 0 Å². The van der Waals surface area contributed by atoms with Gasteiger partial charge in [0.2, 0.25) is 0 Å². The van der Waals surface area contributed by atoms with Crippen molar-refractivity contribution in [1.82, 2.24) is 10.6 Å². The summed E-state index contributed by atoms with van der Waals surface area (Å²) in [5.41, 5.74) is -0.0375. The lowest BCUT2D eigenvalue weighted by atomic mass is 10.0. The van der Waals surface area contributed by atoms with Crippen LogP contribution in [0.15, 0.2) is 4.99 Å². The lowest BCUT2D eigenvalue weighted by molar-refractivity contribution is 0.0243. The number of methoxy groups -OCH3 is 1. The quantitative estimate of drug-likeness (QED) is 0.321. The highest BCUT2D eigenvalue weighted by atomic mass is 127. The molecule has 1 saturated heterocycles. The number of halogens is 1. The van der Waals surface area contributed by atoms with Crippen molar-refractivity contribution < 1.29 is 9.47 Å². The van der Waals surface area contributed by atoms with Crippen LogP contribution in [0.25, 0.3) is 0 Å². The van der Waals surface area contributed by atoms with Gasteiger partial charge in [0.1, 0.15) is 0 Å². The van der Waals surface area contributed by atoms with Crippen molar-refractivity contribution in [2.75, 3.05) is 40.5 Å². The van der Waals surface area contributed by atoms with E-state index in [4.69, 9.17) is 9.47 Å². The van der Waals surface area contributed by atoms with Crippen molar-refractivity contribution in [2.24, 2.45) is 4.99 Å². The van der Waals surface area contributed by atoms with Crippen molar-refractivity contribution in [2.45, 2.75) is 31.8 Å². The Morgan fingerprint density at radius 3 is 2.78 bits per heavy atom. The minimum Gasteiger partial charge on any atom is -0.385 e. The number of rotatable bonds is 6. The monoisotopic (exact) mass is 371 g/mol. The molecule has 1 heterocycles. The second kappa shape index (κ2) is 9.80. The molecular weight excluding hydrogens is 345 g/mol.